The normalized spacial score (nSPS) is 20.8. The fraction of sp³-hybridized carbons (Fsp3) is 1.00. The number of hydrogen-bond acceptors (Lipinski definition) is 2. The molecule has 0 aromatic heterocycles. The van der Waals surface area contributed by atoms with Crippen molar-refractivity contribution in [2.24, 2.45) is 11.8 Å². The topological polar surface area (TPSA) is 15.3 Å². The summed E-state index contributed by atoms with van der Waals surface area (Å²) in [5.74, 6) is 1.71. The van der Waals surface area contributed by atoms with Crippen LogP contribution >= 0.6 is 0 Å². The van der Waals surface area contributed by atoms with Crippen LogP contribution in [0.1, 0.15) is 59.8 Å². The first kappa shape index (κ1) is 16.0. The Balaban J connectivity index is 2.43. The van der Waals surface area contributed by atoms with Crippen molar-refractivity contribution < 1.29 is 0 Å². The van der Waals surface area contributed by atoms with Gasteiger partial charge in [0, 0.05) is 18.6 Å². The zero-order valence-electron chi connectivity index (χ0n) is 13.2. The molecule has 1 rings (SSSR count). The van der Waals surface area contributed by atoms with Crippen LogP contribution in [-0.2, 0) is 0 Å². The summed E-state index contributed by atoms with van der Waals surface area (Å²) in [7, 11) is 2.30. The van der Waals surface area contributed by atoms with E-state index in [9.17, 15) is 0 Å². The van der Waals surface area contributed by atoms with Crippen LogP contribution in [0.25, 0.3) is 0 Å². The van der Waals surface area contributed by atoms with Crippen molar-refractivity contribution in [3.63, 3.8) is 0 Å². The van der Waals surface area contributed by atoms with E-state index < -0.39 is 0 Å². The number of hydrogen-bond donors (Lipinski definition) is 1. The monoisotopic (exact) mass is 254 g/mol. The van der Waals surface area contributed by atoms with Gasteiger partial charge in [0.15, 0.2) is 0 Å². The van der Waals surface area contributed by atoms with Gasteiger partial charge in [0.1, 0.15) is 0 Å². The molecule has 0 aromatic rings. The van der Waals surface area contributed by atoms with Crippen molar-refractivity contribution in [2.45, 2.75) is 71.9 Å². The lowest BCUT2D eigenvalue weighted by atomic mass is 9.96. The molecule has 0 radical (unpaired) electrons. The maximum atomic E-state index is 3.72. The van der Waals surface area contributed by atoms with Crippen molar-refractivity contribution in [1.82, 2.24) is 10.2 Å². The Morgan fingerprint density at radius 3 is 2.28 bits per heavy atom. The zero-order valence-corrected chi connectivity index (χ0v) is 13.2. The molecule has 0 spiro atoms. The van der Waals surface area contributed by atoms with E-state index >= 15 is 0 Å². The predicted molar refractivity (Wildman–Crippen MR) is 81.0 cm³/mol. The Kier molecular flexibility index (Phi) is 7.25. The highest BCUT2D eigenvalue weighted by molar-refractivity contribution is 4.83. The van der Waals surface area contributed by atoms with Gasteiger partial charge >= 0.3 is 0 Å². The molecule has 0 aliphatic heterocycles. The van der Waals surface area contributed by atoms with Crippen molar-refractivity contribution in [1.29, 1.82) is 0 Å². The highest BCUT2D eigenvalue weighted by atomic mass is 15.1. The second-order valence-electron chi connectivity index (χ2n) is 6.63. The molecule has 2 unspecified atom stereocenters. The summed E-state index contributed by atoms with van der Waals surface area (Å²) in [4.78, 5) is 2.56. The van der Waals surface area contributed by atoms with Crippen molar-refractivity contribution in [3.05, 3.63) is 0 Å². The molecule has 18 heavy (non-hydrogen) atoms. The van der Waals surface area contributed by atoms with Crippen LogP contribution < -0.4 is 5.32 Å². The first-order valence-corrected chi connectivity index (χ1v) is 7.98. The summed E-state index contributed by atoms with van der Waals surface area (Å²) >= 11 is 0. The van der Waals surface area contributed by atoms with Crippen molar-refractivity contribution >= 4 is 0 Å². The molecule has 2 heteroatoms. The smallest absolute Gasteiger partial charge is 0.0223 e. The molecule has 0 saturated heterocycles. The summed E-state index contributed by atoms with van der Waals surface area (Å²) < 4.78 is 0. The van der Waals surface area contributed by atoms with Crippen LogP contribution in [0.5, 0.6) is 0 Å². The molecule has 0 amide bonds. The van der Waals surface area contributed by atoms with Gasteiger partial charge in [-0.2, -0.15) is 0 Å². The van der Waals surface area contributed by atoms with Gasteiger partial charge in [-0.1, -0.05) is 33.6 Å². The molecular weight excluding hydrogens is 220 g/mol. The Hall–Kier alpha value is -0.0800. The fourth-order valence-electron chi connectivity index (χ4n) is 3.35. The molecule has 0 bridgehead atoms. The second-order valence-corrected chi connectivity index (χ2v) is 6.63. The fourth-order valence-corrected chi connectivity index (χ4v) is 3.35. The quantitative estimate of drug-likeness (QED) is 0.713. The second kappa shape index (κ2) is 8.16. The maximum absolute atomic E-state index is 3.72. The highest BCUT2D eigenvalue weighted by Crippen LogP contribution is 2.28. The van der Waals surface area contributed by atoms with Crippen LogP contribution in [-0.4, -0.2) is 37.1 Å². The third-order valence-electron chi connectivity index (χ3n) is 4.48. The Bertz CT molecular complexity index is 209. The molecule has 0 aromatic carbocycles. The van der Waals surface area contributed by atoms with Crippen LogP contribution in [0.3, 0.4) is 0 Å². The lowest BCUT2D eigenvalue weighted by Crippen LogP contribution is -2.46. The first-order valence-electron chi connectivity index (χ1n) is 7.98. The first-order chi connectivity index (χ1) is 8.54. The van der Waals surface area contributed by atoms with E-state index in [1.807, 2.05) is 0 Å². The van der Waals surface area contributed by atoms with E-state index in [0.717, 1.165) is 18.4 Å². The van der Waals surface area contributed by atoms with Crippen LogP contribution in [0, 0.1) is 11.8 Å². The number of nitrogens with one attached hydrogen (secondary N) is 1. The van der Waals surface area contributed by atoms with Gasteiger partial charge in [-0.15, -0.1) is 0 Å². The van der Waals surface area contributed by atoms with Crippen LogP contribution in [0.2, 0.25) is 0 Å². The Labute approximate surface area is 115 Å². The van der Waals surface area contributed by atoms with E-state index in [1.54, 1.807) is 0 Å². The van der Waals surface area contributed by atoms with Crippen LogP contribution in [0.15, 0.2) is 0 Å². The Morgan fingerprint density at radius 2 is 1.78 bits per heavy atom. The molecular formula is C16H34N2. The maximum Gasteiger partial charge on any atom is 0.0223 e. The van der Waals surface area contributed by atoms with Gasteiger partial charge in [0.05, 0.1) is 0 Å². The van der Waals surface area contributed by atoms with Crippen LogP contribution in [0.4, 0.5) is 0 Å². The lowest BCUT2D eigenvalue weighted by Gasteiger charge is -2.33. The summed E-state index contributed by atoms with van der Waals surface area (Å²) in [5.41, 5.74) is 0. The molecule has 1 fully saturated rings. The Morgan fingerprint density at radius 1 is 1.17 bits per heavy atom. The average Bonchev–Trinajstić information content (AvgIpc) is 2.80. The number of likely N-dealkylation sites (N-methyl/N-ethyl adjacent to an activating group) is 2. The molecule has 1 aliphatic rings. The summed E-state index contributed by atoms with van der Waals surface area (Å²) in [6.07, 6.45) is 7.06. The molecule has 2 atom stereocenters. The van der Waals surface area contributed by atoms with Gasteiger partial charge in [-0.3, -0.25) is 0 Å². The van der Waals surface area contributed by atoms with E-state index in [2.05, 4.69) is 45.0 Å². The van der Waals surface area contributed by atoms with Gasteiger partial charge in [0.25, 0.3) is 0 Å². The summed E-state index contributed by atoms with van der Waals surface area (Å²) in [6.45, 7) is 11.6. The molecule has 1 N–H and O–H groups in total. The minimum atomic E-state index is 0.701. The van der Waals surface area contributed by atoms with E-state index in [4.69, 9.17) is 0 Å². The van der Waals surface area contributed by atoms with Gasteiger partial charge in [-0.05, 0) is 51.6 Å². The predicted octanol–water partition coefficient (Wildman–Crippen LogP) is 3.52. The molecule has 2 nitrogen and oxygen atoms in total. The minimum absolute atomic E-state index is 0.701. The molecule has 108 valence electrons. The number of nitrogens with zero attached hydrogens (tertiary/aromatic N) is 1. The molecule has 1 saturated carbocycles. The third kappa shape index (κ3) is 5.27. The largest absolute Gasteiger partial charge is 0.313 e. The molecule has 0 heterocycles. The average molecular weight is 254 g/mol. The van der Waals surface area contributed by atoms with E-state index in [0.29, 0.717) is 12.1 Å². The van der Waals surface area contributed by atoms with E-state index in [-0.39, 0.29) is 0 Å². The highest BCUT2D eigenvalue weighted by Gasteiger charge is 2.26. The lowest BCUT2D eigenvalue weighted by molar-refractivity contribution is 0.182. The van der Waals surface area contributed by atoms with Gasteiger partial charge < -0.3 is 10.2 Å². The standard InChI is InChI=1S/C16H34N2/c1-6-17-16(15-9-7-8-10-15)12-18(5)14(4)11-13(2)3/h13-17H,6-12H2,1-5H3. The summed E-state index contributed by atoms with van der Waals surface area (Å²) in [6, 6.07) is 1.41. The molecule has 1 aliphatic carbocycles. The van der Waals surface area contributed by atoms with Crippen molar-refractivity contribution in [2.75, 3.05) is 20.1 Å². The van der Waals surface area contributed by atoms with E-state index in [1.165, 1.54) is 38.6 Å². The minimum Gasteiger partial charge on any atom is -0.313 e. The number of rotatable bonds is 8. The third-order valence-corrected chi connectivity index (χ3v) is 4.48. The summed E-state index contributed by atoms with van der Waals surface area (Å²) in [5, 5.41) is 3.72. The van der Waals surface area contributed by atoms with Gasteiger partial charge in [0.2, 0.25) is 0 Å². The SMILES string of the molecule is CCNC(CN(C)C(C)CC(C)C)C1CCCC1. The van der Waals surface area contributed by atoms with Gasteiger partial charge in [-0.25, -0.2) is 0 Å². The van der Waals surface area contributed by atoms with Crippen molar-refractivity contribution in [3.8, 4) is 0 Å². The zero-order chi connectivity index (χ0) is 13.5.